The number of benzene rings is 1. The van der Waals surface area contributed by atoms with E-state index in [-0.39, 0.29) is 13.5 Å². The van der Waals surface area contributed by atoms with Gasteiger partial charge < -0.3 is 5.73 Å². The highest BCUT2D eigenvalue weighted by Crippen LogP contribution is 2.13. The maximum Gasteiger partial charge on any atom is 0.0406 e. The van der Waals surface area contributed by atoms with E-state index in [9.17, 15) is 0 Å². The van der Waals surface area contributed by atoms with Crippen molar-refractivity contribution in [3.63, 3.8) is 0 Å². The van der Waals surface area contributed by atoms with Crippen LogP contribution in [0.2, 0.25) is 5.02 Å². The van der Waals surface area contributed by atoms with E-state index in [1.165, 1.54) is 0 Å². The van der Waals surface area contributed by atoms with Gasteiger partial charge in [0.15, 0.2) is 0 Å². The number of halogens is 1. The summed E-state index contributed by atoms with van der Waals surface area (Å²) in [6.45, 7) is 1.95. The van der Waals surface area contributed by atoms with Crippen LogP contribution in [-0.2, 0) is 0 Å². The molecule has 0 aromatic heterocycles. The summed E-state index contributed by atoms with van der Waals surface area (Å²) in [5.41, 5.74) is 6.74. The molecule has 0 saturated carbocycles. The van der Waals surface area contributed by atoms with Crippen LogP contribution in [0.4, 0.5) is 0 Å². The number of hydrogen-bond acceptors (Lipinski definition) is 1. The van der Waals surface area contributed by atoms with Crippen molar-refractivity contribution in [1.82, 2.24) is 0 Å². The fourth-order valence-electron chi connectivity index (χ4n) is 0.766. The topological polar surface area (TPSA) is 26.0 Å². The fraction of sp³-hybridized carbons (Fsp3) is 0.333. The molecule has 1 unspecified atom stereocenters. The summed E-state index contributed by atoms with van der Waals surface area (Å²) in [6.07, 6.45) is 0. The first-order valence-corrected chi connectivity index (χ1v) is 3.59. The van der Waals surface area contributed by atoms with Crippen molar-refractivity contribution >= 4 is 11.6 Å². The van der Waals surface area contributed by atoms with Crippen LogP contribution in [0.15, 0.2) is 24.3 Å². The Kier molecular flexibility index (Phi) is 4.16. The van der Waals surface area contributed by atoms with Gasteiger partial charge in [-0.1, -0.05) is 31.2 Å². The van der Waals surface area contributed by atoms with E-state index in [1.54, 1.807) is 0 Å². The largest absolute Gasteiger partial charge is 0.324 e. The van der Waals surface area contributed by atoms with E-state index in [2.05, 4.69) is 0 Å². The Hall–Kier alpha value is -0.530. The molecule has 62 valence electrons. The van der Waals surface area contributed by atoms with Crippen molar-refractivity contribution in [3.05, 3.63) is 34.9 Å². The van der Waals surface area contributed by atoms with E-state index in [0.29, 0.717) is 0 Å². The molecule has 0 aliphatic rings. The highest BCUT2D eigenvalue weighted by molar-refractivity contribution is 6.30. The van der Waals surface area contributed by atoms with Gasteiger partial charge in [-0.25, -0.2) is 0 Å². The minimum Gasteiger partial charge on any atom is -0.324 e. The molecule has 0 aliphatic heterocycles. The monoisotopic (exact) mass is 171 g/mol. The Morgan fingerprint density at radius 2 is 1.73 bits per heavy atom. The third-order valence-electron chi connectivity index (χ3n) is 1.40. The second-order valence-corrected chi connectivity index (χ2v) is 2.78. The van der Waals surface area contributed by atoms with Gasteiger partial charge in [-0.15, -0.1) is 0 Å². The lowest BCUT2D eigenvalue weighted by atomic mass is 10.1. The first-order valence-electron chi connectivity index (χ1n) is 3.21. The first kappa shape index (κ1) is 10.5. The summed E-state index contributed by atoms with van der Waals surface area (Å²) < 4.78 is 0. The van der Waals surface area contributed by atoms with Crippen molar-refractivity contribution < 1.29 is 0 Å². The summed E-state index contributed by atoms with van der Waals surface area (Å²) in [7, 11) is 0. The minimum absolute atomic E-state index is 0. The van der Waals surface area contributed by atoms with E-state index in [4.69, 9.17) is 17.3 Å². The van der Waals surface area contributed by atoms with Crippen LogP contribution in [-0.4, -0.2) is 0 Å². The average Bonchev–Trinajstić information content (AvgIpc) is 1.88. The van der Waals surface area contributed by atoms with Crippen molar-refractivity contribution in [2.45, 2.75) is 20.4 Å². The zero-order chi connectivity index (χ0) is 7.56. The molecule has 0 amide bonds. The van der Waals surface area contributed by atoms with Crippen molar-refractivity contribution in [1.29, 1.82) is 0 Å². The third-order valence-corrected chi connectivity index (χ3v) is 1.65. The Balaban J connectivity index is 0.000001000. The molecule has 1 atom stereocenters. The third kappa shape index (κ3) is 2.91. The van der Waals surface area contributed by atoms with Crippen LogP contribution in [0, 0.1) is 0 Å². The Morgan fingerprint density at radius 1 is 1.27 bits per heavy atom. The molecule has 0 saturated heterocycles. The van der Waals surface area contributed by atoms with Gasteiger partial charge in [-0.05, 0) is 24.6 Å². The zero-order valence-corrected chi connectivity index (χ0v) is 6.60. The Labute approximate surface area is 73.2 Å². The predicted molar refractivity (Wildman–Crippen MR) is 50.8 cm³/mol. The average molecular weight is 172 g/mol. The van der Waals surface area contributed by atoms with E-state index in [1.807, 2.05) is 31.2 Å². The van der Waals surface area contributed by atoms with Crippen molar-refractivity contribution in [2.24, 2.45) is 5.73 Å². The summed E-state index contributed by atoms with van der Waals surface area (Å²) in [5, 5.41) is 0.754. The van der Waals surface area contributed by atoms with E-state index in [0.717, 1.165) is 10.6 Å². The van der Waals surface area contributed by atoms with Crippen LogP contribution >= 0.6 is 11.6 Å². The lowest BCUT2D eigenvalue weighted by Gasteiger charge is -2.03. The summed E-state index contributed by atoms with van der Waals surface area (Å²) >= 11 is 5.68. The minimum atomic E-state index is 0. The van der Waals surface area contributed by atoms with Gasteiger partial charge in [0, 0.05) is 11.1 Å². The summed E-state index contributed by atoms with van der Waals surface area (Å²) in [4.78, 5) is 0. The van der Waals surface area contributed by atoms with Crippen LogP contribution in [0.1, 0.15) is 26.0 Å². The standard InChI is InChI=1S/C8H10ClN.CH4/c1-6(10)7-2-4-8(9)5-3-7;/h2-6H,10H2,1H3;1H4. The lowest BCUT2D eigenvalue weighted by molar-refractivity contribution is 0.818. The molecule has 0 bridgehead atoms. The van der Waals surface area contributed by atoms with Crippen LogP contribution < -0.4 is 5.73 Å². The molecule has 2 heteroatoms. The number of nitrogens with two attached hydrogens (primary N) is 1. The lowest BCUT2D eigenvalue weighted by Crippen LogP contribution is -2.03. The molecule has 1 rings (SSSR count). The molecule has 2 N–H and O–H groups in total. The van der Waals surface area contributed by atoms with Gasteiger partial charge in [-0.2, -0.15) is 0 Å². The summed E-state index contributed by atoms with van der Waals surface area (Å²) in [6, 6.07) is 7.66. The maximum absolute atomic E-state index is 5.68. The first-order chi connectivity index (χ1) is 4.70. The molecule has 0 heterocycles. The Bertz CT molecular complexity index is 203. The SMILES string of the molecule is C.CC(N)c1ccc(Cl)cc1. The van der Waals surface area contributed by atoms with Gasteiger partial charge >= 0.3 is 0 Å². The molecule has 0 fully saturated rings. The Morgan fingerprint density at radius 3 is 2.09 bits per heavy atom. The molecular formula is C9H14ClN. The number of hydrogen-bond donors (Lipinski definition) is 1. The van der Waals surface area contributed by atoms with E-state index < -0.39 is 0 Å². The molecule has 1 aromatic rings. The van der Waals surface area contributed by atoms with Crippen LogP contribution in [0.5, 0.6) is 0 Å². The van der Waals surface area contributed by atoms with Gasteiger partial charge in [0.25, 0.3) is 0 Å². The second kappa shape index (κ2) is 4.37. The molecule has 1 nitrogen and oxygen atoms in total. The van der Waals surface area contributed by atoms with Crippen molar-refractivity contribution in [2.75, 3.05) is 0 Å². The highest BCUT2D eigenvalue weighted by atomic mass is 35.5. The molecular weight excluding hydrogens is 158 g/mol. The van der Waals surface area contributed by atoms with Gasteiger partial charge in [0.2, 0.25) is 0 Å². The normalized spacial score (nSPS) is 11.9. The smallest absolute Gasteiger partial charge is 0.0406 e. The maximum atomic E-state index is 5.68. The van der Waals surface area contributed by atoms with Crippen molar-refractivity contribution in [3.8, 4) is 0 Å². The molecule has 1 aromatic carbocycles. The predicted octanol–water partition coefficient (Wildman–Crippen LogP) is 3.00. The molecule has 11 heavy (non-hydrogen) atoms. The summed E-state index contributed by atoms with van der Waals surface area (Å²) in [5.74, 6) is 0. The molecule has 0 radical (unpaired) electrons. The molecule has 0 aliphatic carbocycles. The number of rotatable bonds is 1. The second-order valence-electron chi connectivity index (χ2n) is 2.34. The van der Waals surface area contributed by atoms with Gasteiger partial charge in [0.05, 0.1) is 0 Å². The van der Waals surface area contributed by atoms with Gasteiger partial charge in [0.1, 0.15) is 0 Å². The van der Waals surface area contributed by atoms with Crippen LogP contribution in [0.25, 0.3) is 0 Å². The highest BCUT2D eigenvalue weighted by Gasteiger charge is 1.96. The van der Waals surface area contributed by atoms with E-state index >= 15 is 0 Å². The van der Waals surface area contributed by atoms with Gasteiger partial charge in [-0.3, -0.25) is 0 Å². The molecule has 0 spiro atoms. The fourth-order valence-corrected chi connectivity index (χ4v) is 0.892. The quantitative estimate of drug-likeness (QED) is 0.691. The van der Waals surface area contributed by atoms with Crippen LogP contribution in [0.3, 0.4) is 0 Å². The zero-order valence-electron chi connectivity index (χ0n) is 5.84.